The molecule has 0 saturated heterocycles. The number of amides is 1. The molecule has 126 valence electrons. The van der Waals surface area contributed by atoms with E-state index in [-0.39, 0.29) is 18.5 Å². The molecule has 0 bridgehead atoms. The van der Waals surface area contributed by atoms with Crippen molar-refractivity contribution in [2.75, 3.05) is 6.54 Å². The summed E-state index contributed by atoms with van der Waals surface area (Å²) in [5, 5.41) is 12.8. The van der Waals surface area contributed by atoms with E-state index >= 15 is 0 Å². The van der Waals surface area contributed by atoms with Crippen LogP contribution < -0.4 is 16.0 Å². The normalized spacial score (nSPS) is 23.0. The molecular formula is C14H20Cl2N6O. The summed E-state index contributed by atoms with van der Waals surface area (Å²) < 4.78 is 0. The zero-order valence-corrected chi connectivity index (χ0v) is 14.1. The maximum atomic E-state index is 12.5. The number of carbonyl (C=O) groups is 1. The number of hydrogen-bond donors (Lipinski definition) is 3. The molecule has 2 aliphatic rings. The molecule has 1 heterocycles. The van der Waals surface area contributed by atoms with Crippen molar-refractivity contribution in [3.8, 4) is 0 Å². The molecule has 1 aliphatic heterocycles. The summed E-state index contributed by atoms with van der Waals surface area (Å²) in [5.74, 6) is -0.270. The number of alkyl halides is 1. The molecule has 1 amide bonds. The van der Waals surface area contributed by atoms with Crippen LogP contribution in [0.2, 0.25) is 0 Å². The highest BCUT2D eigenvalue weighted by atomic mass is 35.5. The van der Waals surface area contributed by atoms with Gasteiger partial charge in [-0.1, -0.05) is 47.6 Å². The van der Waals surface area contributed by atoms with Gasteiger partial charge in [0.05, 0.1) is 18.3 Å². The Labute approximate surface area is 145 Å². The highest BCUT2D eigenvalue weighted by Crippen LogP contribution is 2.18. The van der Waals surface area contributed by atoms with E-state index in [0.717, 1.165) is 25.7 Å². The van der Waals surface area contributed by atoms with Gasteiger partial charge >= 0.3 is 0 Å². The van der Waals surface area contributed by atoms with Gasteiger partial charge in [0, 0.05) is 11.0 Å². The molecule has 1 fully saturated rings. The van der Waals surface area contributed by atoms with Gasteiger partial charge in [0.25, 0.3) is 0 Å². The molecule has 7 nitrogen and oxygen atoms in total. The van der Waals surface area contributed by atoms with E-state index in [4.69, 9.17) is 28.7 Å². The monoisotopic (exact) mass is 358 g/mol. The van der Waals surface area contributed by atoms with E-state index in [1.54, 1.807) is 12.2 Å². The summed E-state index contributed by atoms with van der Waals surface area (Å²) >= 11 is 11.9. The van der Waals surface area contributed by atoms with Crippen LogP contribution in [0.4, 0.5) is 0 Å². The van der Waals surface area contributed by atoms with Crippen LogP contribution in [0.25, 0.3) is 10.4 Å². The van der Waals surface area contributed by atoms with Gasteiger partial charge in [0.2, 0.25) is 5.91 Å². The highest BCUT2D eigenvalue weighted by molar-refractivity contribution is 6.31. The molecule has 0 aromatic heterocycles. The maximum Gasteiger partial charge on any atom is 0.241 e. The van der Waals surface area contributed by atoms with Gasteiger partial charge in [-0.3, -0.25) is 4.79 Å². The lowest BCUT2D eigenvalue weighted by molar-refractivity contribution is -0.122. The van der Waals surface area contributed by atoms with Crippen molar-refractivity contribution in [3.05, 3.63) is 33.4 Å². The van der Waals surface area contributed by atoms with Gasteiger partial charge in [-0.05, 0) is 30.5 Å². The lowest BCUT2D eigenvalue weighted by Crippen LogP contribution is -2.51. The molecule has 9 heteroatoms. The summed E-state index contributed by atoms with van der Waals surface area (Å²) in [6.07, 6.45) is 8.85. The van der Waals surface area contributed by atoms with E-state index in [0.29, 0.717) is 10.9 Å². The lowest BCUT2D eigenvalue weighted by atomic mass is 9.95. The number of carbonyl (C=O) groups excluding carboxylic acids is 1. The molecule has 0 aromatic rings. The predicted molar refractivity (Wildman–Crippen MR) is 90.7 cm³/mol. The third-order valence-corrected chi connectivity index (χ3v) is 4.48. The average Bonchev–Trinajstić information content (AvgIpc) is 2.55. The largest absolute Gasteiger partial charge is 0.355 e. The van der Waals surface area contributed by atoms with Crippen LogP contribution >= 0.6 is 23.2 Å². The van der Waals surface area contributed by atoms with Crippen molar-refractivity contribution in [2.24, 2.45) is 5.11 Å². The molecule has 1 saturated carbocycles. The van der Waals surface area contributed by atoms with Crippen molar-refractivity contribution in [2.45, 2.75) is 49.7 Å². The first kappa shape index (κ1) is 17.9. The molecule has 1 aliphatic carbocycles. The SMILES string of the molecule is [N-]=[N+]=NC[C@@H](NC1CCCCC1)C(=O)NC1=CC=C(Cl)NC1Cl. The number of azide groups is 1. The third kappa shape index (κ3) is 5.62. The third-order valence-electron chi connectivity index (χ3n) is 3.90. The second-order valence-corrected chi connectivity index (χ2v) is 6.44. The maximum absolute atomic E-state index is 12.5. The van der Waals surface area contributed by atoms with E-state index in [1.807, 2.05) is 0 Å². The first-order valence-electron chi connectivity index (χ1n) is 7.66. The minimum Gasteiger partial charge on any atom is -0.355 e. The Morgan fingerprint density at radius 3 is 2.83 bits per heavy atom. The Morgan fingerprint density at radius 2 is 2.17 bits per heavy atom. The Balaban J connectivity index is 1.99. The van der Waals surface area contributed by atoms with Gasteiger partial charge in [-0.15, -0.1) is 0 Å². The van der Waals surface area contributed by atoms with Crippen LogP contribution in [0.15, 0.2) is 28.1 Å². The fraction of sp³-hybridized carbons (Fsp3) is 0.643. The molecule has 0 spiro atoms. The number of allylic oxidation sites excluding steroid dienone is 2. The highest BCUT2D eigenvalue weighted by Gasteiger charge is 2.25. The Bertz CT molecular complexity index is 537. The minimum absolute atomic E-state index is 0.0586. The zero-order valence-electron chi connectivity index (χ0n) is 12.6. The smallest absolute Gasteiger partial charge is 0.241 e. The van der Waals surface area contributed by atoms with Gasteiger partial charge in [-0.2, -0.15) is 0 Å². The van der Waals surface area contributed by atoms with Crippen molar-refractivity contribution >= 4 is 29.1 Å². The van der Waals surface area contributed by atoms with Crippen LogP contribution in [0.1, 0.15) is 32.1 Å². The number of dihydropyridines is 1. The van der Waals surface area contributed by atoms with Crippen molar-refractivity contribution in [1.82, 2.24) is 16.0 Å². The van der Waals surface area contributed by atoms with Gasteiger partial charge in [0.15, 0.2) is 0 Å². The van der Waals surface area contributed by atoms with E-state index in [9.17, 15) is 4.79 Å². The number of hydrogen-bond acceptors (Lipinski definition) is 4. The lowest BCUT2D eigenvalue weighted by Gasteiger charge is -2.28. The van der Waals surface area contributed by atoms with Crippen LogP contribution in [-0.2, 0) is 4.79 Å². The fourth-order valence-electron chi connectivity index (χ4n) is 2.71. The number of rotatable bonds is 6. The summed E-state index contributed by atoms with van der Waals surface area (Å²) in [7, 11) is 0. The molecule has 3 N–H and O–H groups in total. The first-order chi connectivity index (χ1) is 11.1. The fourth-order valence-corrected chi connectivity index (χ4v) is 3.18. The number of nitrogens with zero attached hydrogens (tertiary/aromatic N) is 3. The second kappa shape index (κ2) is 9.03. The number of nitrogens with one attached hydrogen (secondary N) is 3. The Morgan fingerprint density at radius 1 is 1.43 bits per heavy atom. The standard InChI is InChI=1S/C14H20Cl2N6O/c15-12-7-6-10(13(16)21-12)20-14(23)11(8-18-22-17)19-9-4-2-1-3-5-9/h6-7,9,11,13,19,21H,1-5,8H2,(H,20,23)/t11-,13?/m1/s1. The van der Waals surface area contributed by atoms with E-state index in [1.165, 1.54) is 6.42 Å². The summed E-state index contributed by atoms with van der Waals surface area (Å²) in [4.78, 5) is 15.2. The molecular weight excluding hydrogens is 339 g/mol. The molecule has 0 radical (unpaired) electrons. The Kier molecular flexibility index (Phi) is 7.05. The quantitative estimate of drug-likeness (QED) is 0.223. The summed E-state index contributed by atoms with van der Waals surface area (Å²) in [6, 6.07) is -0.312. The van der Waals surface area contributed by atoms with E-state index < -0.39 is 11.5 Å². The molecule has 1 unspecified atom stereocenters. The molecule has 0 aromatic carbocycles. The average molecular weight is 359 g/mol. The van der Waals surface area contributed by atoms with Gasteiger partial charge in [-0.25, -0.2) is 0 Å². The van der Waals surface area contributed by atoms with Crippen LogP contribution in [0, 0.1) is 0 Å². The van der Waals surface area contributed by atoms with Gasteiger partial charge < -0.3 is 16.0 Å². The van der Waals surface area contributed by atoms with Gasteiger partial charge in [0.1, 0.15) is 10.7 Å². The van der Waals surface area contributed by atoms with E-state index in [2.05, 4.69) is 26.0 Å². The topological polar surface area (TPSA) is 102 Å². The van der Waals surface area contributed by atoms with Crippen molar-refractivity contribution < 1.29 is 4.79 Å². The van der Waals surface area contributed by atoms with Crippen LogP contribution in [0.3, 0.4) is 0 Å². The number of halogens is 2. The van der Waals surface area contributed by atoms with Crippen molar-refractivity contribution in [1.29, 1.82) is 0 Å². The predicted octanol–water partition coefficient (Wildman–Crippen LogP) is 2.84. The second-order valence-electron chi connectivity index (χ2n) is 5.60. The van der Waals surface area contributed by atoms with Crippen molar-refractivity contribution in [3.63, 3.8) is 0 Å². The minimum atomic E-state index is -0.605. The molecule has 2 atom stereocenters. The molecule has 23 heavy (non-hydrogen) atoms. The summed E-state index contributed by atoms with van der Waals surface area (Å²) in [6.45, 7) is 0.0586. The summed E-state index contributed by atoms with van der Waals surface area (Å²) in [5.41, 5.74) is 8.44. The Hall–Kier alpha value is -1.40. The zero-order chi connectivity index (χ0) is 16.7. The first-order valence-corrected chi connectivity index (χ1v) is 8.47. The molecule has 2 rings (SSSR count). The van der Waals surface area contributed by atoms with Crippen LogP contribution in [0.5, 0.6) is 0 Å². The van der Waals surface area contributed by atoms with Crippen LogP contribution in [-0.4, -0.2) is 30.0 Å².